The maximum atomic E-state index is 12.0. The van der Waals surface area contributed by atoms with Crippen LogP contribution in [0.2, 0.25) is 4.34 Å². The molecule has 6 heteroatoms. The minimum absolute atomic E-state index is 0.150. The molecule has 0 bridgehead atoms. The quantitative estimate of drug-likeness (QED) is 0.753. The van der Waals surface area contributed by atoms with Gasteiger partial charge < -0.3 is 5.32 Å². The molecule has 3 nitrogen and oxygen atoms in total. The number of aromatic nitrogens is 1. The summed E-state index contributed by atoms with van der Waals surface area (Å²) in [5.41, 5.74) is 1.65. The molecule has 2 aromatic heterocycles. The van der Waals surface area contributed by atoms with Crippen LogP contribution in [0, 0.1) is 6.92 Å². The van der Waals surface area contributed by atoms with E-state index in [1.54, 1.807) is 23.5 Å². The molecule has 1 aromatic carbocycles. The molecule has 0 saturated carbocycles. The Bertz CT molecular complexity index is 763. The lowest BCUT2D eigenvalue weighted by Gasteiger charge is -2.02. The lowest BCUT2D eigenvalue weighted by Crippen LogP contribution is -2.09. The Morgan fingerprint density at radius 3 is 2.84 bits per heavy atom. The highest BCUT2D eigenvalue weighted by atomic mass is 35.5. The fourth-order valence-electron chi connectivity index (χ4n) is 1.75. The molecule has 0 aliphatic heterocycles. The van der Waals surface area contributed by atoms with Crippen LogP contribution in [0.4, 0.5) is 5.69 Å². The molecular formula is C13H9ClN2OS2. The molecular weight excluding hydrogens is 300 g/mol. The summed E-state index contributed by atoms with van der Waals surface area (Å²) in [6.45, 7) is 1.97. The van der Waals surface area contributed by atoms with Crippen LogP contribution in [0.5, 0.6) is 0 Å². The minimum atomic E-state index is -0.150. The van der Waals surface area contributed by atoms with Gasteiger partial charge in [-0.25, -0.2) is 4.98 Å². The molecule has 0 unspecified atom stereocenters. The third kappa shape index (κ3) is 2.63. The summed E-state index contributed by atoms with van der Waals surface area (Å²) in [4.78, 5) is 17.0. The summed E-state index contributed by atoms with van der Waals surface area (Å²) in [6, 6.07) is 9.16. The van der Waals surface area contributed by atoms with Crippen molar-refractivity contribution in [2.45, 2.75) is 6.92 Å². The number of benzene rings is 1. The maximum Gasteiger partial charge on any atom is 0.265 e. The standard InChI is InChI=1S/C13H9ClN2OS2/c1-7-15-9-6-8(2-3-10(9)18-7)16-13(17)11-4-5-12(14)19-11/h2-6H,1H3,(H,16,17). The van der Waals surface area contributed by atoms with Crippen molar-refractivity contribution in [3.05, 3.63) is 44.6 Å². The first-order valence-electron chi connectivity index (χ1n) is 5.56. The summed E-state index contributed by atoms with van der Waals surface area (Å²) in [7, 11) is 0. The number of nitrogens with zero attached hydrogens (tertiary/aromatic N) is 1. The topological polar surface area (TPSA) is 42.0 Å². The number of rotatable bonds is 2. The van der Waals surface area contributed by atoms with E-state index in [1.165, 1.54) is 11.3 Å². The van der Waals surface area contributed by atoms with E-state index < -0.39 is 0 Å². The van der Waals surface area contributed by atoms with Crippen molar-refractivity contribution >= 4 is 56.1 Å². The molecule has 0 saturated heterocycles. The van der Waals surface area contributed by atoms with Gasteiger partial charge in [-0.3, -0.25) is 4.79 Å². The SMILES string of the molecule is Cc1nc2cc(NC(=O)c3ccc(Cl)s3)ccc2s1. The highest BCUT2D eigenvalue weighted by molar-refractivity contribution is 7.18. The lowest BCUT2D eigenvalue weighted by molar-refractivity contribution is 0.103. The summed E-state index contributed by atoms with van der Waals surface area (Å²) in [5.74, 6) is -0.150. The number of anilines is 1. The van der Waals surface area contributed by atoms with E-state index in [0.717, 1.165) is 20.9 Å². The number of halogens is 1. The molecule has 1 N–H and O–H groups in total. The van der Waals surface area contributed by atoms with Crippen molar-refractivity contribution in [1.82, 2.24) is 4.98 Å². The zero-order valence-corrected chi connectivity index (χ0v) is 12.3. The smallest absolute Gasteiger partial charge is 0.265 e. The normalized spacial score (nSPS) is 10.8. The summed E-state index contributed by atoms with van der Waals surface area (Å²) in [6.07, 6.45) is 0. The zero-order valence-electron chi connectivity index (χ0n) is 9.94. The van der Waals surface area contributed by atoms with Crippen molar-refractivity contribution in [2.24, 2.45) is 0 Å². The van der Waals surface area contributed by atoms with E-state index in [4.69, 9.17) is 11.6 Å². The number of aryl methyl sites for hydroxylation is 1. The monoisotopic (exact) mass is 308 g/mol. The fourth-order valence-corrected chi connectivity index (χ4v) is 3.50. The summed E-state index contributed by atoms with van der Waals surface area (Å²) < 4.78 is 1.73. The van der Waals surface area contributed by atoms with E-state index >= 15 is 0 Å². The average molecular weight is 309 g/mol. The molecule has 96 valence electrons. The average Bonchev–Trinajstić information content (AvgIpc) is 2.93. The van der Waals surface area contributed by atoms with E-state index in [2.05, 4.69) is 10.3 Å². The number of amides is 1. The van der Waals surface area contributed by atoms with Crippen LogP contribution >= 0.6 is 34.3 Å². The van der Waals surface area contributed by atoms with Gasteiger partial charge in [0.25, 0.3) is 5.91 Å². The largest absolute Gasteiger partial charge is 0.321 e. The van der Waals surface area contributed by atoms with Gasteiger partial charge in [0, 0.05) is 5.69 Å². The van der Waals surface area contributed by atoms with Crippen LogP contribution < -0.4 is 5.32 Å². The molecule has 0 radical (unpaired) electrons. The highest BCUT2D eigenvalue weighted by Crippen LogP contribution is 2.26. The van der Waals surface area contributed by atoms with Crippen LogP contribution in [-0.2, 0) is 0 Å². The molecule has 3 rings (SSSR count). The first-order valence-corrected chi connectivity index (χ1v) is 7.57. The lowest BCUT2D eigenvalue weighted by atomic mass is 10.3. The Morgan fingerprint density at radius 1 is 1.26 bits per heavy atom. The maximum absolute atomic E-state index is 12.0. The molecule has 0 fully saturated rings. The van der Waals surface area contributed by atoms with Gasteiger partial charge in [0.15, 0.2) is 0 Å². The first kappa shape index (κ1) is 12.6. The molecule has 0 aliphatic rings. The van der Waals surface area contributed by atoms with E-state index in [1.807, 2.05) is 25.1 Å². The van der Waals surface area contributed by atoms with E-state index in [0.29, 0.717) is 9.21 Å². The van der Waals surface area contributed by atoms with Gasteiger partial charge in [-0.2, -0.15) is 0 Å². The Kier molecular flexibility index (Phi) is 3.26. The number of thiazole rings is 1. The second-order valence-corrected chi connectivity index (χ2v) is 6.92. The van der Waals surface area contributed by atoms with Crippen molar-refractivity contribution < 1.29 is 4.79 Å². The fraction of sp³-hybridized carbons (Fsp3) is 0.0769. The number of carbonyl (C=O) groups is 1. The number of hydrogen-bond acceptors (Lipinski definition) is 4. The van der Waals surface area contributed by atoms with Crippen LogP contribution in [0.1, 0.15) is 14.7 Å². The second-order valence-electron chi connectivity index (χ2n) is 3.97. The van der Waals surface area contributed by atoms with Gasteiger partial charge in [0.2, 0.25) is 0 Å². The summed E-state index contributed by atoms with van der Waals surface area (Å²) >= 11 is 8.72. The van der Waals surface area contributed by atoms with Crippen molar-refractivity contribution in [3.8, 4) is 0 Å². The molecule has 2 heterocycles. The molecule has 1 amide bonds. The zero-order chi connectivity index (χ0) is 13.4. The van der Waals surface area contributed by atoms with Crippen LogP contribution in [-0.4, -0.2) is 10.9 Å². The second kappa shape index (κ2) is 4.92. The van der Waals surface area contributed by atoms with Gasteiger partial charge in [0.05, 0.1) is 24.4 Å². The van der Waals surface area contributed by atoms with Gasteiger partial charge in [-0.1, -0.05) is 11.6 Å². The Hall–Kier alpha value is -1.43. The van der Waals surface area contributed by atoms with Crippen molar-refractivity contribution in [3.63, 3.8) is 0 Å². The Morgan fingerprint density at radius 2 is 2.11 bits per heavy atom. The van der Waals surface area contributed by atoms with Gasteiger partial charge in [-0.05, 0) is 37.3 Å². The van der Waals surface area contributed by atoms with Gasteiger partial charge in [0.1, 0.15) is 0 Å². The number of nitrogens with one attached hydrogen (secondary N) is 1. The van der Waals surface area contributed by atoms with Crippen molar-refractivity contribution in [1.29, 1.82) is 0 Å². The molecule has 0 aliphatic carbocycles. The van der Waals surface area contributed by atoms with E-state index in [-0.39, 0.29) is 5.91 Å². The van der Waals surface area contributed by atoms with Crippen molar-refractivity contribution in [2.75, 3.05) is 5.32 Å². The number of fused-ring (bicyclic) bond motifs is 1. The number of hydrogen-bond donors (Lipinski definition) is 1. The van der Waals surface area contributed by atoms with Crippen LogP contribution in [0.25, 0.3) is 10.2 Å². The molecule has 0 atom stereocenters. The van der Waals surface area contributed by atoms with Gasteiger partial charge >= 0.3 is 0 Å². The summed E-state index contributed by atoms with van der Waals surface area (Å²) in [5, 5.41) is 3.87. The third-order valence-corrected chi connectivity index (χ3v) is 4.73. The van der Waals surface area contributed by atoms with E-state index in [9.17, 15) is 4.79 Å². The predicted molar refractivity (Wildman–Crippen MR) is 81.6 cm³/mol. The minimum Gasteiger partial charge on any atom is -0.321 e. The molecule has 3 aromatic rings. The number of carbonyl (C=O) groups excluding carboxylic acids is 1. The highest BCUT2D eigenvalue weighted by Gasteiger charge is 2.10. The third-order valence-electron chi connectivity index (χ3n) is 2.55. The van der Waals surface area contributed by atoms with Gasteiger partial charge in [-0.15, -0.1) is 22.7 Å². The first-order chi connectivity index (χ1) is 9.11. The molecule has 19 heavy (non-hydrogen) atoms. The Balaban J connectivity index is 1.86. The number of thiophene rings is 1. The predicted octanol–water partition coefficient (Wildman–Crippen LogP) is 4.57. The molecule has 0 spiro atoms. The van der Waals surface area contributed by atoms with Crippen LogP contribution in [0.3, 0.4) is 0 Å². The van der Waals surface area contributed by atoms with Crippen LogP contribution in [0.15, 0.2) is 30.3 Å². The Labute approximate surface area is 122 Å².